The molecule has 1 aromatic heterocycles. The number of hydrogen-bond acceptors (Lipinski definition) is 6. The summed E-state index contributed by atoms with van der Waals surface area (Å²) >= 11 is 1.43. The van der Waals surface area contributed by atoms with E-state index in [4.69, 9.17) is 15.2 Å². The maximum Gasteiger partial charge on any atom is 0.357 e. The highest BCUT2D eigenvalue weighted by Gasteiger charge is 2.14. The van der Waals surface area contributed by atoms with Gasteiger partial charge < -0.3 is 15.2 Å². The van der Waals surface area contributed by atoms with Gasteiger partial charge in [0.1, 0.15) is 5.75 Å². The minimum atomic E-state index is -0.390. The fourth-order valence-corrected chi connectivity index (χ4v) is 2.78. The quantitative estimate of drug-likeness (QED) is 0.619. The predicted molar refractivity (Wildman–Crippen MR) is 92.1 cm³/mol. The molecule has 0 saturated carbocycles. The highest BCUT2D eigenvalue weighted by molar-refractivity contribution is 7.09. The van der Waals surface area contributed by atoms with Gasteiger partial charge in [0.15, 0.2) is 5.69 Å². The number of thiazole rings is 1. The third-order valence-corrected chi connectivity index (χ3v) is 3.88. The van der Waals surface area contributed by atoms with Crippen LogP contribution in [0.4, 0.5) is 5.69 Å². The van der Waals surface area contributed by atoms with Gasteiger partial charge in [-0.15, -0.1) is 11.3 Å². The normalized spacial score (nSPS) is 10.8. The van der Waals surface area contributed by atoms with E-state index in [1.807, 2.05) is 18.2 Å². The van der Waals surface area contributed by atoms with Crippen LogP contribution in [0.2, 0.25) is 0 Å². The fourth-order valence-electron chi connectivity index (χ4n) is 1.99. The minimum absolute atomic E-state index is 0.341. The number of hydrogen-bond donors (Lipinski definition) is 1. The summed E-state index contributed by atoms with van der Waals surface area (Å²) in [7, 11) is 0. The average Bonchev–Trinajstić information content (AvgIpc) is 2.95. The van der Waals surface area contributed by atoms with Crippen molar-refractivity contribution in [1.29, 1.82) is 0 Å². The zero-order valence-electron chi connectivity index (χ0n) is 13.7. The molecular formula is C17H22N2O3S. The summed E-state index contributed by atoms with van der Waals surface area (Å²) in [6.45, 7) is 6.96. The molecular weight excluding hydrogens is 312 g/mol. The number of carbonyl (C=O) groups is 1. The molecule has 0 fully saturated rings. The summed E-state index contributed by atoms with van der Waals surface area (Å²) in [5.74, 6) is 0.857. The zero-order chi connectivity index (χ0) is 16.8. The molecule has 0 radical (unpaired) electrons. The van der Waals surface area contributed by atoms with Crippen LogP contribution >= 0.6 is 11.3 Å². The average molecular weight is 334 g/mol. The van der Waals surface area contributed by atoms with Crippen LogP contribution in [-0.2, 0) is 11.2 Å². The van der Waals surface area contributed by atoms with Crippen LogP contribution in [0.15, 0.2) is 23.6 Å². The molecule has 2 N–H and O–H groups in total. The lowest BCUT2D eigenvalue weighted by Gasteiger charge is -2.13. The van der Waals surface area contributed by atoms with Gasteiger partial charge in [-0.25, -0.2) is 9.78 Å². The number of nitrogen functional groups attached to an aromatic ring is 1. The van der Waals surface area contributed by atoms with Gasteiger partial charge in [-0.1, -0.05) is 13.8 Å². The molecule has 1 heterocycles. The van der Waals surface area contributed by atoms with Crippen LogP contribution in [0.25, 0.3) is 0 Å². The molecule has 0 bridgehead atoms. The highest BCUT2D eigenvalue weighted by atomic mass is 32.1. The Labute approximate surface area is 140 Å². The number of carbonyl (C=O) groups excluding carboxylic acids is 1. The molecule has 2 rings (SSSR count). The lowest BCUT2D eigenvalue weighted by Crippen LogP contribution is -2.07. The number of aromatic nitrogens is 1. The van der Waals surface area contributed by atoms with Crippen molar-refractivity contribution in [3.63, 3.8) is 0 Å². The molecule has 0 unspecified atom stereocenters. The molecule has 23 heavy (non-hydrogen) atoms. The number of nitrogens with two attached hydrogens (primary N) is 1. The van der Waals surface area contributed by atoms with Crippen molar-refractivity contribution in [2.75, 3.05) is 18.9 Å². The number of rotatable bonds is 7. The number of nitrogens with zero attached hydrogens (tertiary/aromatic N) is 1. The van der Waals surface area contributed by atoms with E-state index < -0.39 is 0 Å². The van der Waals surface area contributed by atoms with Crippen LogP contribution in [0.5, 0.6) is 5.75 Å². The summed E-state index contributed by atoms with van der Waals surface area (Å²) in [5, 5.41) is 2.54. The molecule has 0 atom stereocenters. The number of esters is 1. The van der Waals surface area contributed by atoms with E-state index in [-0.39, 0.29) is 5.97 Å². The highest BCUT2D eigenvalue weighted by Crippen LogP contribution is 2.26. The Balaban J connectivity index is 2.15. The van der Waals surface area contributed by atoms with Gasteiger partial charge in [0, 0.05) is 23.1 Å². The molecule has 5 nitrogen and oxygen atoms in total. The Morgan fingerprint density at radius 3 is 2.87 bits per heavy atom. The second-order valence-corrected chi connectivity index (χ2v) is 6.54. The van der Waals surface area contributed by atoms with Crippen molar-refractivity contribution < 1.29 is 14.3 Å². The van der Waals surface area contributed by atoms with Crippen molar-refractivity contribution in [1.82, 2.24) is 4.98 Å². The first-order valence-corrected chi connectivity index (χ1v) is 8.50. The summed E-state index contributed by atoms with van der Waals surface area (Å²) in [6, 6.07) is 5.60. The van der Waals surface area contributed by atoms with Crippen LogP contribution in [0.3, 0.4) is 0 Å². The second kappa shape index (κ2) is 7.97. The number of ether oxygens (including phenoxy) is 2. The van der Waals surface area contributed by atoms with Crippen LogP contribution < -0.4 is 10.5 Å². The van der Waals surface area contributed by atoms with Gasteiger partial charge in [0.05, 0.1) is 18.2 Å². The smallest absolute Gasteiger partial charge is 0.357 e. The maximum atomic E-state index is 11.7. The molecule has 1 aromatic carbocycles. The van der Waals surface area contributed by atoms with Gasteiger partial charge >= 0.3 is 5.97 Å². The number of anilines is 1. The Bertz CT molecular complexity index is 668. The van der Waals surface area contributed by atoms with Gasteiger partial charge in [-0.2, -0.15) is 0 Å². The lowest BCUT2D eigenvalue weighted by molar-refractivity contribution is 0.0520. The summed E-state index contributed by atoms with van der Waals surface area (Å²) in [4.78, 5) is 16.0. The van der Waals surface area contributed by atoms with Gasteiger partial charge in [-0.05, 0) is 31.0 Å². The fraction of sp³-hybridized carbons (Fsp3) is 0.412. The third-order valence-electron chi connectivity index (χ3n) is 3.03. The Morgan fingerprint density at radius 2 is 2.17 bits per heavy atom. The molecule has 0 amide bonds. The van der Waals surface area contributed by atoms with E-state index >= 15 is 0 Å². The molecule has 124 valence electrons. The van der Waals surface area contributed by atoms with E-state index in [0.29, 0.717) is 36.9 Å². The zero-order valence-corrected chi connectivity index (χ0v) is 14.5. The lowest BCUT2D eigenvalue weighted by atomic mass is 10.1. The van der Waals surface area contributed by atoms with Crippen molar-refractivity contribution in [2.45, 2.75) is 27.2 Å². The van der Waals surface area contributed by atoms with Gasteiger partial charge in [-0.3, -0.25) is 0 Å². The molecule has 0 aliphatic rings. The molecule has 0 aliphatic carbocycles. The van der Waals surface area contributed by atoms with Gasteiger partial charge in [0.2, 0.25) is 0 Å². The van der Waals surface area contributed by atoms with E-state index in [1.54, 1.807) is 12.3 Å². The maximum absolute atomic E-state index is 11.7. The largest absolute Gasteiger partial charge is 0.493 e. The number of benzene rings is 1. The topological polar surface area (TPSA) is 74.4 Å². The van der Waals surface area contributed by atoms with Crippen LogP contribution in [-0.4, -0.2) is 24.2 Å². The van der Waals surface area contributed by atoms with Crippen molar-refractivity contribution >= 4 is 23.0 Å². The SMILES string of the molecule is CCOC(=O)c1csc(Cc2cc(N)ccc2OCC(C)C)n1. The third kappa shape index (κ3) is 4.96. The summed E-state index contributed by atoms with van der Waals surface area (Å²) in [5.41, 5.74) is 7.88. The minimum Gasteiger partial charge on any atom is -0.493 e. The summed E-state index contributed by atoms with van der Waals surface area (Å²) < 4.78 is 10.8. The Kier molecular flexibility index (Phi) is 5.98. The van der Waals surface area contributed by atoms with E-state index in [0.717, 1.165) is 16.3 Å². The molecule has 2 aromatic rings. The second-order valence-electron chi connectivity index (χ2n) is 5.60. The van der Waals surface area contributed by atoms with E-state index in [1.165, 1.54) is 11.3 Å². The molecule has 0 spiro atoms. The molecule has 0 saturated heterocycles. The van der Waals surface area contributed by atoms with Crippen molar-refractivity contribution in [2.24, 2.45) is 5.92 Å². The van der Waals surface area contributed by atoms with Crippen LogP contribution in [0.1, 0.15) is 41.8 Å². The monoisotopic (exact) mass is 334 g/mol. The first-order chi connectivity index (χ1) is 11.0. The predicted octanol–water partition coefficient (Wildman–Crippen LogP) is 3.53. The van der Waals surface area contributed by atoms with E-state index in [2.05, 4.69) is 18.8 Å². The van der Waals surface area contributed by atoms with Crippen LogP contribution in [0, 0.1) is 5.92 Å². The van der Waals surface area contributed by atoms with Crippen molar-refractivity contribution in [3.05, 3.63) is 39.8 Å². The first kappa shape index (κ1) is 17.3. The molecule has 6 heteroatoms. The standard InChI is InChI=1S/C17H22N2O3S/c1-4-21-17(20)14-10-23-16(19-14)8-12-7-13(18)5-6-15(12)22-9-11(2)3/h5-7,10-11H,4,8-9,18H2,1-3H3. The first-order valence-electron chi connectivity index (χ1n) is 7.62. The summed E-state index contributed by atoms with van der Waals surface area (Å²) in [6.07, 6.45) is 0.572. The Hall–Kier alpha value is -2.08. The Morgan fingerprint density at radius 1 is 1.39 bits per heavy atom. The molecule has 0 aliphatic heterocycles. The van der Waals surface area contributed by atoms with Crippen molar-refractivity contribution in [3.8, 4) is 5.75 Å². The van der Waals surface area contributed by atoms with E-state index in [9.17, 15) is 4.79 Å². The van der Waals surface area contributed by atoms with Gasteiger partial charge in [0.25, 0.3) is 0 Å².